The van der Waals surface area contributed by atoms with Gasteiger partial charge in [0.1, 0.15) is 5.75 Å². The molecule has 0 unspecified atom stereocenters. The molecule has 14 heavy (non-hydrogen) atoms. The van der Waals surface area contributed by atoms with Crippen LogP contribution in [0.3, 0.4) is 0 Å². The minimum Gasteiger partial charge on any atom is -0.435 e. The third kappa shape index (κ3) is 2.19. The van der Waals surface area contributed by atoms with E-state index in [0.29, 0.717) is 11.1 Å². The first-order chi connectivity index (χ1) is 6.54. The van der Waals surface area contributed by atoms with Gasteiger partial charge < -0.3 is 4.74 Å². The number of alkyl halides is 2. The lowest BCUT2D eigenvalue weighted by atomic mass is 10.1. The van der Waals surface area contributed by atoms with E-state index in [0.717, 1.165) is 5.56 Å². The van der Waals surface area contributed by atoms with Crippen LogP contribution in [0.15, 0.2) is 12.1 Å². The number of hydrogen-bond donors (Lipinski definition) is 0. The maximum atomic E-state index is 12.0. The summed E-state index contributed by atoms with van der Waals surface area (Å²) < 4.78 is 28.2. The largest absolute Gasteiger partial charge is 0.435 e. The number of benzene rings is 1. The molecule has 0 bridgehead atoms. The van der Waals surface area contributed by atoms with Crippen LogP contribution in [0, 0.1) is 25.2 Å². The Morgan fingerprint density at radius 2 is 2.00 bits per heavy atom. The van der Waals surface area contributed by atoms with E-state index in [1.165, 1.54) is 6.07 Å². The first-order valence-corrected chi connectivity index (χ1v) is 4.00. The van der Waals surface area contributed by atoms with E-state index < -0.39 is 6.61 Å². The van der Waals surface area contributed by atoms with Gasteiger partial charge in [-0.05, 0) is 37.1 Å². The maximum absolute atomic E-state index is 12.0. The van der Waals surface area contributed by atoms with E-state index in [1.807, 2.05) is 6.07 Å². The number of nitrogens with zero attached hydrogens (tertiary/aromatic N) is 1. The van der Waals surface area contributed by atoms with E-state index >= 15 is 0 Å². The molecule has 4 heteroatoms. The van der Waals surface area contributed by atoms with Crippen LogP contribution in [0.4, 0.5) is 8.78 Å². The Kier molecular flexibility index (Phi) is 3.03. The van der Waals surface area contributed by atoms with Crippen molar-refractivity contribution in [2.24, 2.45) is 0 Å². The van der Waals surface area contributed by atoms with Gasteiger partial charge in [-0.25, -0.2) is 0 Å². The van der Waals surface area contributed by atoms with Crippen LogP contribution in [-0.4, -0.2) is 6.61 Å². The number of nitriles is 1. The molecule has 0 spiro atoms. The van der Waals surface area contributed by atoms with Gasteiger partial charge in [-0.2, -0.15) is 14.0 Å². The van der Waals surface area contributed by atoms with E-state index in [9.17, 15) is 8.78 Å². The quantitative estimate of drug-likeness (QED) is 0.730. The zero-order valence-electron chi connectivity index (χ0n) is 7.84. The van der Waals surface area contributed by atoms with Crippen molar-refractivity contribution in [1.29, 1.82) is 5.26 Å². The second kappa shape index (κ2) is 4.05. The van der Waals surface area contributed by atoms with Gasteiger partial charge in [-0.1, -0.05) is 0 Å². The molecule has 0 saturated heterocycles. The summed E-state index contributed by atoms with van der Waals surface area (Å²) >= 11 is 0. The van der Waals surface area contributed by atoms with Gasteiger partial charge in [0.15, 0.2) is 0 Å². The Hall–Kier alpha value is -1.63. The molecule has 0 radical (unpaired) electrons. The normalized spacial score (nSPS) is 10.0. The Morgan fingerprint density at radius 3 is 2.50 bits per heavy atom. The predicted octanol–water partition coefficient (Wildman–Crippen LogP) is 2.78. The van der Waals surface area contributed by atoms with Gasteiger partial charge in [-0.15, -0.1) is 0 Å². The fraction of sp³-hybridized carbons (Fsp3) is 0.300. The second-order valence-electron chi connectivity index (χ2n) is 2.91. The van der Waals surface area contributed by atoms with E-state index in [2.05, 4.69) is 4.74 Å². The van der Waals surface area contributed by atoms with E-state index in [-0.39, 0.29) is 5.75 Å². The van der Waals surface area contributed by atoms with Crippen LogP contribution in [0.2, 0.25) is 0 Å². The van der Waals surface area contributed by atoms with Gasteiger partial charge >= 0.3 is 6.61 Å². The Bertz CT molecular complexity index is 382. The van der Waals surface area contributed by atoms with Crippen LogP contribution in [-0.2, 0) is 0 Å². The van der Waals surface area contributed by atoms with Crippen molar-refractivity contribution in [3.8, 4) is 11.8 Å². The monoisotopic (exact) mass is 197 g/mol. The van der Waals surface area contributed by atoms with Crippen molar-refractivity contribution in [1.82, 2.24) is 0 Å². The zero-order chi connectivity index (χ0) is 10.7. The molecular weight excluding hydrogens is 188 g/mol. The van der Waals surface area contributed by atoms with Crippen LogP contribution >= 0.6 is 0 Å². The predicted molar refractivity (Wildman–Crippen MR) is 47.3 cm³/mol. The first kappa shape index (κ1) is 10.5. The summed E-state index contributed by atoms with van der Waals surface area (Å²) in [5.41, 5.74) is 1.72. The molecular formula is C10H9F2NO. The van der Waals surface area contributed by atoms with Crippen LogP contribution in [0.1, 0.15) is 16.7 Å². The Balaban J connectivity index is 3.15. The highest BCUT2D eigenvalue weighted by Gasteiger charge is 2.10. The van der Waals surface area contributed by atoms with Crippen molar-refractivity contribution in [2.45, 2.75) is 20.5 Å². The number of aryl methyl sites for hydroxylation is 1. The zero-order valence-corrected chi connectivity index (χ0v) is 7.84. The average molecular weight is 197 g/mol. The third-order valence-corrected chi connectivity index (χ3v) is 1.96. The molecule has 0 aliphatic rings. The van der Waals surface area contributed by atoms with Gasteiger partial charge in [0.2, 0.25) is 0 Å². The first-order valence-electron chi connectivity index (χ1n) is 4.00. The Morgan fingerprint density at radius 1 is 1.36 bits per heavy atom. The second-order valence-corrected chi connectivity index (χ2v) is 2.91. The summed E-state index contributed by atoms with van der Waals surface area (Å²) in [5.74, 6) is 0.0663. The fourth-order valence-electron chi connectivity index (χ4n) is 1.11. The standard InChI is InChI=1S/C10H9F2NO/c1-6-3-8(5-13)4-9(7(6)2)14-10(11)12/h3-4,10H,1-2H3. The number of hydrogen-bond acceptors (Lipinski definition) is 2. The number of ether oxygens (including phenoxy) is 1. The van der Waals surface area contributed by atoms with Crippen molar-refractivity contribution >= 4 is 0 Å². The summed E-state index contributed by atoms with van der Waals surface area (Å²) in [6.07, 6.45) is 0. The Labute approximate surface area is 80.7 Å². The van der Waals surface area contributed by atoms with Crippen LogP contribution in [0.5, 0.6) is 5.75 Å². The molecule has 2 nitrogen and oxygen atoms in total. The minimum atomic E-state index is -2.86. The van der Waals surface area contributed by atoms with Gasteiger partial charge in [0.25, 0.3) is 0 Å². The molecule has 0 heterocycles. The van der Waals surface area contributed by atoms with Crippen LogP contribution in [0.25, 0.3) is 0 Å². The molecule has 0 N–H and O–H groups in total. The molecule has 1 rings (SSSR count). The molecule has 74 valence electrons. The summed E-state index contributed by atoms with van der Waals surface area (Å²) in [7, 11) is 0. The number of rotatable bonds is 2. The summed E-state index contributed by atoms with van der Waals surface area (Å²) in [6, 6.07) is 4.83. The van der Waals surface area contributed by atoms with Crippen LogP contribution < -0.4 is 4.74 Å². The molecule has 1 aromatic rings. The SMILES string of the molecule is Cc1cc(C#N)cc(OC(F)F)c1C. The van der Waals surface area contributed by atoms with E-state index in [1.54, 1.807) is 19.9 Å². The van der Waals surface area contributed by atoms with Gasteiger partial charge in [-0.3, -0.25) is 0 Å². The van der Waals surface area contributed by atoms with Gasteiger partial charge in [0, 0.05) is 0 Å². The summed E-state index contributed by atoms with van der Waals surface area (Å²) in [5, 5.41) is 8.62. The fourth-order valence-corrected chi connectivity index (χ4v) is 1.11. The van der Waals surface area contributed by atoms with Crippen molar-refractivity contribution in [3.63, 3.8) is 0 Å². The molecule has 0 atom stereocenters. The topological polar surface area (TPSA) is 33.0 Å². The molecule has 0 aromatic heterocycles. The highest BCUT2D eigenvalue weighted by Crippen LogP contribution is 2.24. The third-order valence-electron chi connectivity index (χ3n) is 1.96. The lowest BCUT2D eigenvalue weighted by Gasteiger charge is -2.10. The summed E-state index contributed by atoms with van der Waals surface area (Å²) in [4.78, 5) is 0. The van der Waals surface area contributed by atoms with Crippen molar-refractivity contribution < 1.29 is 13.5 Å². The smallest absolute Gasteiger partial charge is 0.387 e. The molecule has 1 aromatic carbocycles. The highest BCUT2D eigenvalue weighted by atomic mass is 19.3. The highest BCUT2D eigenvalue weighted by molar-refractivity contribution is 5.46. The maximum Gasteiger partial charge on any atom is 0.387 e. The molecule has 0 aliphatic heterocycles. The van der Waals surface area contributed by atoms with Crippen molar-refractivity contribution in [2.75, 3.05) is 0 Å². The molecule has 0 amide bonds. The molecule has 0 saturated carbocycles. The average Bonchev–Trinajstić information content (AvgIpc) is 2.11. The lowest BCUT2D eigenvalue weighted by molar-refractivity contribution is -0.0503. The van der Waals surface area contributed by atoms with Crippen molar-refractivity contribution in [3.05, 3.63) is 28.8 Å². The lowest BCUT2D eigenvalue weighted by Crippen LogP contribution is -2.04. The van der Waals surface area contributed by atoms with Gasteiger partial charge in [0.05, 0.1) is 11.6 Å². The summed E-state index contributed by atoms with van der Waals surface area (Å²) in [6.45, 7) is 0.560. The number of halogens is 2. The minimum absolute atomic E-state index is 0.0663. The molecule has 0 fully saturated rings. The molecule has 0 aliphatic carbocycles. The van der Waals surface area contributed by atoms with E-state index in [4.69, 9.17) is 5.26 Å².